The summed E-state index contributed by atoms with van der Waals surface area (Å²) in [6.45, 7) is 6.07. The van der Waals surface area contributed by atoms with Crippen LogP contribution in [-0.4, -0.2) is 17.4 Å². The number of benzene rings is 6. The van der Waals surface area contributed by atoms with Crippen LogP contribution in [0.2, 0.25) is 0 Å². The topological polar surface area (TPSA) is 67.3 Å². The Morgan fingerprint density at radius 3 is 1.96 bits per heavy atom. The van der Waals surface area contributed by atoms with Crippen molar-refractivity contribution in [1.82, 2.24) is 8.97 Å². The molecule has 0 fully saturated rings. The van der Waals surface area contributed by atoms with E-state index in [1.165, 1.54) is 45.8 Å². The molecule has 0 saturated heterocycles. The van der Waals surface area contributed by atoms with Gasteiger partial charge in [0.15, 0.2) is 0 Å². The van der Waals surface area contributed by atoms with Crippen molar-refractivity contribution in [3.8, 4) is 11.8 Å². The molecule has 0 N–H and O–H groups in total. The van der Waals surface area contributed by atoms with Crippen LogP contribution >= 0.6 is 0 Å². The number of aromatic nitrogens is 2. The summed E-state index contributed by atoms with van der Waals surface area (Å²) in [7, 11) is -3.78. The third-order valence-electron chi connectivity index (χ3n) is 9.67. The van der Waals surface area contributed by atoms with Gasteiger partial charge in [-0.2, -0.15) is 5.26 Å². The predicted molar refractivity (Wildman–Crippen MR) is 196 cm³/mol. The fraction of sp³-hybridized carbons (Fsp3) is 0.0238. The number of allylic oxidation sites excluding steroid dienone is 2. The highest BCUT2D eigenvalue weighted by Gasteiger charge is 2.25. The molecule has 6 aromatic carbocycles. The Kier molecular flexibility index (Phi) is 5.95. The van der Waals surface area contributed by atoms with Crippen LogP contribution in [0.1, 0.15) is 16.7 Å². The molecule has 0 aliphatic carbocycles. The van der Waals surface area contributed by atoms with Gasteiger partial charge >= 0.3 is 0 Å². The van der Waals surface area contributed by atoms with E-state index >= 15 is 0 Å². The third-order valence-corrected chi connectivity index (χ3v) is 11.5. The van der Waals surface area contributed by atoms with Crippen molar-refractivity contribution in [3.05, 3.63) is 151 Å². The first-order valence-corrected chi connectivity index (χ1v) is 17.2. The van der Waals surface area contributed by atoms with Gasteiger partial charge in [0.25, 0.3) is 0 Å². The SMILES string of the molecule is C=C/C=C\c1cc2c3ccccc3n3c4ccccc4c4ccc5c(c2c(c1C)n5-c1ccc(S(=O)(=O)c2ccc(C#N)cc2)cc1)c43. The number of nitriles is 1. The van der Waals surface area contributed by atoms with Crippen LogP contribution in [0.25, 0.3) is 71.7 Å². The lowest BCUT2D eigenvalue weighted by Crippen LogP contribution is -2.03. The minimum absolute atomic E-state index is 0.154. The predicted octanol–water partition coefficient (Wildman–Crippen LogP) is 10.1. The lowest BCUT2D eigenvalue weighted by atomic mass is 9.97. The number of hydrogen-bond donors (Lipinski definition) is 0. The summed E-state index contributed by atoms with van der Waals surface area (Å²) >= 11 is 0. The minimum Gasteiger partial charge on any atom is -0.309 e. The van der Waals surface area contributed by atoms with Gasteiger partial charge in [0.1, 0.15) is 0 Å². The van der Waals surface area contributed by atoms with E-state index in [-0.39, 0.29) is 9.79 Å². The van der Waals surface area contributed by atoms with Crippen molar-refractivity contribution >= 4 is 75.8 Å². The summed E-state index contributed by atoms with van der Waals surface area (Å²) in [5.41, 5.74) is 9.07. The third kappa shape index (κ3) is 3.74. The van der Waals surface area contributed by atoms with Gasteiger partial charge in [0, 0.05) is 32.6 Å². The molecule has 0 atom stereocenters. The van der Waals surface area contributed by atoms with Crippen LogP contribution in [0.15, 0.2) is 144 Å². The van der Waals surface area contributed by atoms with Gasteiger partial charge in [0.2, 0.25) is 9.84 Å². The van der Waals surface area contributed by atoms with E-state index in [1.807, 2.05) is 24.3 Å². The van der Waals surface area contributed by atoms with Crippen LogP contribution in [0, 0.1) is 18.3 Å². The van der Waals surface area contributed by atoms with Crippen LogP contribution in [0.4, 0.5) is 0 Å². The second-order valence-electron chi connectivity index (χ2n) is 12.2. The fourth-order valence-corrected chi connectivity index (χ4v) is 8.77. The molecule has 0 aliphatic rings. The molecule has 0 bridgehead atoms. The summed E-state index contributed by atoms with van der Waals surface area (Å²) < 4.78 is 31.9. The largest absolute Gasteiger partial charge is 0.309 e. The molecule has 0 radical (unpaired) electrons. The summed E-state index contributed by atoms with van der Waals surface area (Å²) in [4.78, 5) is 0.350. The maximum atomic E-state index is 13.6. The molecule has 0 unspecified atom stereocenters. The number of rotatable bonds is 5. The molecule has 9 aromatic rings. The quantitative estimate of drug-likeness (QED) is 0.176. The number of fused-ring (bicyclic) bond motifs is 6. The highest BCUT2D eigenvalue weighted by atomic mass is 32.2. The van der Waals surface area contributed by atoms with Crippen molar-refractivity contribution in [2.45, 2.75) is 16.7 Å². The van der Waals surface area contributed by atoms with Crippen molar-refractivity contribution in [1.29, 1.82) is 5.26 Å². The Balaban J connectivity index is 1.42. The second kappa shape index (κ2) is 10.2. The normalized spacial score (nSPS) is 12.4. The summed E-state index contributed by atoms with van der Waals surface area (Å²) in [5, 5.41) is 16.2. The average molecular weight is 638 g/mol. The summed E-state index contributed by atoms with van der Waals surface area (Å²) in [6.07, 6.45) is 5.86. The molecule has 9 rings (SSSR count). The average Bonchev–Trinajstić information content (AvgIpc) is 3.61. The van der Waals surface area contributed by atoms with Gasteiger partial charge in [-0.3, -0.25) is 0 Å². The van der Waals surface area contributed by atoms with Crippen molar-refractivity contribution in [2.24, 2.45) is 0 Å². The Hall–Kier alpha value is -6.16. The molecule has 48 heavy (non-hydrogen) atoms. The van der Waals surface area contributed by atoms with Crippen LogP contribution < -0.4 is 0 Å². The van der Waals surface area contributed by atoms with E-state index in [2.05, 4.69) is 95.3 Å². The van der Waals surface area contributed by atoms with Gasteiger partial charge in [-0.15, -0.1) is 0 Å². The smallest absolute Gasteiger partial charge is 0.206 e. The molecule has 3 aromatic heterocycles. The van der Waals surface area contributed by atoms with Crippen LogP contribution in [0.5, 0.6) is 0 Å². The molecule has 0 aliphatic heterocycles. The first-order valence-electron chi connectivity index (χ1n) is 15.7. The number of aryl methyl sites for hydroxylation is 1. The Bertz CT molecular complexity index is 2970. The zero-order valence-electron chi connectivity index (χ0n) is 26.0. The monoisotopic (exact) mass is 637 g/mol. The van der Waals surface area contributed by atoms with Gasteiger partial charge in [0.05, 0.1) is 49.0 Å². The summed E-state index contributed by atoms with van der Waals surface area (Å²) in [6, 6.07) is 39.1. The van der Waals surface area contributed by atoms with Gasteiger partial charge in [-0.25, -0.2) is 8.42 Å². The highest BCUT2D eigenvalue weighted by molar-refractivity contribution is 7.91. The molecule has 0 saturated carbocycles. The minimum atomic E-state index is -3.78. The lowest BCUT2D eigenvalue weighted by molar-refractivity contribution is 0.596. The Morgan fingerprint density at radius 2 is 1.31 bits per heavy atom. The van der Waals surface area contributed by atoms with E-state index in [9.17, 15) is 8.42 Å². The Morgan fingerprint density at radius 1 is 0.688 bits per heavy atom. The van der Waals surface area contributed by atoms with E-state index in [4.69, 9.17) is 5.26 Å². The van der Waals surface area contributed by atoms with Crippen LogP contribution in [0.3, 0.4) is 0 Å². The zero-order chi connectivity index (χ0) is 32.7. The molecule has 0 amide bonds. The van der Waals surface area contributed by atoms with Gasteiger partial charge in [-0.05, 0) is 96.2 Å². The zero-order valence-corrected chi connectivity index (χ0v) is 26.8. The molecule has 3 heterocycles. The molecular weight excluding hydrogens is 611 g/mol. The van der Waals surface area contributed by atoms with Gasteiger partial charge in [-0.1, -0.05) is 67.3 Å². The number of nitrogens with zero attached hydrogens (tertiary/aromatic N) is 3. The number of para-hydroxylation sites is 2. The number of sulfone groups is 1. The van der Waals surface area contributed by atoms with E-state index in [0.29, 0.717) is 5.56 Å². The standard InChI is InChI=1S/C42H27N3O2S/c1-3-4-9-28-24-35-33-11-6-8-13-37(33)45-36-12-7-5-10-32(36)34-22-23-38-40(42(34)45)39(35)41(26(28)2)44(38)29-16-20-31(21-17-29)48(46,47)30-18-14-27(25-43)15-19-30/h3-24H,1H2,2H3/b9-4-. The Labute approximate surface area is 276 Å². The lowest BCUT2D eigenvalue weighted by Gasteiger charge is -2.14. The fourth-order valence-electron chi connectivity index (χ4n) is 7.51. The molecule has 6 heteroatoms. The maximum absolute atomic E-state index is 13.6. The highest BCUT2D eigenvalue weighted by Crippen LogP contribution is 2.46. The van der Waals surface area contributed by atoms with Crippen molar-refractivity contribution < 1.29 is 8.42 Å². The van der Waals surface area contributed by atoms with E-state index < -0.39 is 9.84 Å². The van der Waals surface area contributed by atoms with Crippen LogP contribution in [-0.2, 0) is 9.84 Å². The molecule has 5 nitrogen and oxygen atoms in total. The van der Waals surface area contributed by atoms with Gasteiger partial charge < -0.3 is 8.97 Å². The van der Waals surface area contributed by atoms with Crippen molar-refractivity contribution in [2.75, 3.05) is 0 Å². The second-order valence-corrected chi connectivity index (χ2v) is 14.1. The molecular formula is C42H27N3O2S. The van der Waals surface area contributed by atoms with E-state index in [1.54, 1.807) is 18.2 Å². The first kappa shape index (κ1) is 28.1. The molecule has 0 spiro atoms. The number of hydrogen-bond acceptors (Lipinski definition) is 3. The maximum Gasteiger partial charge on any atom is 0.206 e. The summed E-state index contributed by atoms with van der Waals surface area (Å²) in [5.74, 6) is 0. The van der Waals surface area contributed by atoms with E-state index in [0.717, 1.165) is 55.2 Å². The van der Waals surface area contributed by atoms with Crippen molar-refractivity contribution in [3.63, 3.8) is 0 Å². The molecule has 228 valence electrons. The first-order chi connectivity index (χ1) is 23.4.